The number of hydrogen-bond acceptors (Lipinski definition) is 5. The molecular formula is C16H17F2NO5. The maximum atomic E-state index is 13.5. The minimum atomic E-state index is -1.69. The summed E-state index contributed by atoms with van der Waals surface area (Å²) in [7, 11) is 1.22. The number of nitrogens with zero attached hydrogens (tertiary/aromatic N) is 1. The molecule has 1 heterocycles. The van der Waals surface area contributed by atoms with Crippen LogP contribution in [0.1, 0.15) is 31.7 Å². The number of methoxy groups -OCH3 is 1. The van der Waals surface area contributed by atoms with Crippen LogP contribution >= 0.6 is 0 Å². The van der Waals surface area contributed by atoms with Gasteiger partial charge in [0.2, 0.25) is 5.60 Å². The first kappa shape index (κ1) is 17.8. The summed E-state index contributed by atoms with van der Waals surface area (Å²) in [5, 5.41) is 13.3. The SMILES string of the molecule is CCC1(C(=O)O)ON=C(c2cc(F)cc(F)c2)C1CCC(=O)OC. The van der Waals surface area contributed by atoms with E-state index in [-0.39, 0.29) is 30.5 Å². The number of benzene rings is 1. The van der Waals surface area contributed by atoms with Crippen LogP contribution in [0.15, 0.2) is 23.4 Å². The molecule has 130 valence electrons. The smallest absolute Gasteiger partial charge is 0.351 e. The Morgan fingerprint density at radius 3 is 2.46 bits per heavy atom. The summed E-state index contributed by atoms with van der Waals surface area (Å²) >= 11 is 0. The Morgan fingerprint density at radius 1 is 1.33 bits per heavy atom. The standard InChI is InChI=1S/C16H17F2NO5/c1-3-16(15(21)22)12(4-5-13(20)23-2)14(19-24-16)9-6-10(17)8-11(18)7-9/h6-8,12H,3-5H2,1-2H3,(H,21,22). The van der Waals surface area contributed by atoms with Crippen molar-refractivity contribution in [1.29, 1.82) is 0 Å². The third-order valence-corrected chi connectivity index (χ3v) is 4.11. The first-order valence-electron chi connectivity index (χ1n) is 7.36. The molecule has 2 unspecified atom stereocenters. The summed E-state index contributed by atoms with van der Waals surface area (Å²) in [6.07, 6.45) is 0.0547. The van der Waals surface area contributed by atoms with Crippen LogP contribution in [0.3, 0.4) is 0 Å². The fourth-order valence-electron chi connectivity index (χ4n) is 2.82. The Morgan fingerprint density at radius 2 is 1.96 bits per heavy atom. The van der Waals surface area contributed by atoms with Crippen LogP contribution in [0, 0.1) is 17.6 Å². The van der Waals surface area contributed by atoms with Gasteiger partial charge in [0.15, 0.2) is 0 Å². The van der Waals surface area contributed by atoms with Crippen molar-refractivity contribution in [3.63, 3.8) is 0 Å². The number of ether oxygens (including phenoxy) is 1. The normalized spacial score (nSPS) is 22.7. The molecule has 24 heavy (non-hydrogen) atoms. The first-order chi connectivity index (χ1) is 11.3. The minimum Gasteiger partial charge on any atom is -0.478 e. The van der Waals surface area contributed by atoms with Gasteiger partial charge < -0.3 is 14.7 Å². The number of oxime groups is 1. The summed E-state index contributed by atoms with van der Waals surface area (Å²) in [6, 6.07) is 2.79. The predicted molar refractivity (Wildman–Crippen MR) is 79.4 cm³/mol. The van der Waals surface area contributed by atoms with Gasteiger partial charge in [-0.05, 0) is 25.0 Å². The third kappa shape index (κ3) is 3.22. The number of rotatable bonds is 6. The molecular weight excluding hydrogens is 324 g/mol. The highest BCUT2D eigenvalue weighted by Crippen LogP contribution is 2.39. The zero-order valence-corrected chi connectivity index (χ0v) is 13.2. The molecule has 6 nitrogen and oxygen atoms in total. The van der Waals surface area contributed by atoms with Crippen LogP contribution in [0.2, 0.25) is 0 Å². The molecule has 0 spiro atoms. The lowest BCUT2D eigenvalue weighted by Gasteiger charge is -2.27. The highest BCUT2D eigenvalue weighted by molar-refractivity contribution is 6.06. The molecule has 2 rings (SSSR count). The number of halogens is 2. The van der Waals surface area contributed by atoms with Gasteiger partial charge in [-0.3, -0.25) is 4.79 Å². The van der Waals surface area contributed by atoms with Crippen molar-refractivity contribution in [3.8, 4) is 0 Å². The second-order valence-electron chi connectivity index (χ2n) is 5.44. The number of carboxylic acid groups (broad SMARTS) is 1. The van der Waals surface area contributed by atoms with E-state index >= 15 is 0 Å². The monoisotopic (exact) mass is 341 g/mol. The van der Waals surface area contributed by atoms with Crippen molar-refractivity contribution in [3.05, 3.63) is 35.4 Å². The van der Waals surface area contributed by atoms with E-state index in [0.717, 1.165) is 12.1 Å². The Kier molecular flexibility index (Phi) is 5.16. The van der Waals surface area contributed by atoms with Crippen molar-refractivity contribution in [1.82, 2.24) is 0 Å². The molecule has 0 fully saturated rings. The number of carbonyl (C=O) groups is 2. The van der Waals surface area contributed by atoms with Crippen molar-refractivity contribution in [2.24, 2.45) is 11.1 Å². The summed E-state index contributed by atoms with van der Waals surface area (Å²) in [5.74, 6) is -4.26. The average molecular weight is 341 g/mol. The molecule has 0 bridgehead atoms. The summed E-state index contributed by atoms with van der Waals surface area (Å²) in [4.78, 5) is 28.3. The van der Waals surface area contributed by atoms with Crippen molar-refractivity contribution in [2.45, 2.75) is 31.8 Å². The fourth-order valence-corrected chi connectivity index (χ4v) is 2.82. The predicted octanol–water partition coefficient (Wildman–Crippen LogP) is 2.50. The topological polar surface area (TPSA) is 85.2 Å². The minimum absolute atomic E-state index is 0.0593. The van der Waals surface area contributed by atoms with E-state index in [2.05, 4.69) is 9.89 Å². The van der Waals surface area contributed by atoms with Crippen LogP contribution in [0.25, 0.3) is 0 Å². The Balaban J connectivity index is 2.41. The van der Waals surface area contributed by atoms with Gasteiger partial charge in [-0.1, -0.05) is 12.1 Å². The van der Waals surface area contributed by atoms with Crippen LogP contribution < -0.4 is 0 Å². The Bertz CT molecular complexity index is 671. The lowest BCUT2D eigenvalue weighted by Crippen LogP contribution is -2.46. The first-order valence-corrected chi connectivity index (χ1v) is 7.36. The van der Waals surface area contributed by atoms with Gasteiger partial charge in [0.05, 0.1) is 18.7 Å². The number of carbonyl (C=O) groups excluding carboxylic acids is 1. The van der Waals surface area contributed by atoms with E-state index in [0.29, 0.717) is 6.07 Å². The highest BCUT2D eigenvalue weighted by Gasteiger charge is 2.54. The molecule has 1 aromatic rings. The molecule has 8 heteroatoms. The van der Waals surface area contributed by atoms with Gasteiger partial charge in [-0.15, -0.1) is 0 Å². The van der Waals surface area contributed by atoms with Gasteiger partial charge in [-0.25, -0.2) is 13.6 Å². The van der Waals surface area contributed by atoms with E-state index in [1.54, 1.807) is 6.92 Å². The van der Waals surface area contributed by atoms with Crippen molar-refractivity contribution >= 4 is 17.7 Å². The molecule has 1 aromatic carbocycles. The second kappa shape index (κ2) is 6.94. The zero-order chi connectivity index (χ0) is 17.9. The largest absolute Gasteiger partial charge is 0.478 e. The quantitative estimate of drug-likeness (QED) is 0.804. The maximum Gasteiger partial charge on any atom is 0.351 e. The summed E-state index contributed by atoms with van der Waals surface area (Å²) in [6.45, 7) is 1.60. The lowest BCUT2D eigenvalue weighted by molar-refractivity contribution is -0.168. The molecule has 0 radical (unpaired) electrons. The molecule has 0 saturated carbocycles. The molecule has 1 aliphatic rings. The van der Waals surface area contributed by atoms with Gasteiger partial charge in [-0.2, -0.15) is 0 Å². The highest BCUT2D eigenvalue weighted by atomic mass is 19.1. The number of esters is 1. The molecule has 0 aromatic heterocycles. The van der Waals surface area contributed by atoms with Gasteiger partial charge in [0, 0.05) is 18.1 Å². The van der Waals surface area contributed by atoms with Crippen LogP contribution in [0.5, 0.6) is 0 Å². The van der Waals surface area contributed by atoms with Gasteiger partial charge >= 0.3 is 11.9 Å². The van der Waals surface area contributed by atoms with E-state index in [1.807, 2.05) is 0 Å². The fraction of sp³-hybridized carbons (Fsp3) is 0.438. The van der Waals surface area contributed by atoms with Gasteiger partial charge in [0.1, 0.15) is 11.6 Å². The molecule has 2 atom stereocenters. The molecule has 0 amide bonds. The zero-order valence-electron chi connectivity index (χ0n) is 13.2. The third-order valence-electron chi connectivity index (χ3n) is 4.11. The Hall–Kier alpha value is -2.51. The van der Waals surface area contributed by atoms with E-state index in [9.17, 15) is 23.5 Å². The van der Waals surface area contributed by atoms with Crippen molar-refractivity contribution < 1.29 is 33.1 Å². The van der Waals surface area contributed by atoms with E-state index in [4.69, 9.17) is 4.84 Å². The van der Waals surface area contributed by atoms with Crippen LogP contribution in [-0.4, -0.2) is 35.5 Å². The summed E-state index contributed by atoms with van der Waals surface area (Å²) in [5.41, 5.74) is -1.51. The maximum absolute atomic E-state index is 13.5. The molecule has 0 saturated heterocycles. The number of carboxylic acids is 1. The molecule has 1 aliphatic heterocycles. The number of hydrogen-bond donors (Lipinski definition) is 1. The van der Waals surface area contributed by atoms with Crippen molar-refractivity contribution in [2.75, 3.05) is 7.11 Å². The van der Waals surface area contributed by atoms with E-state index in [1.165, 1.54) is 7.11 Å². The number of aliphatic carboxylic acids is 1. The van der Waals surface area contributed by atoms with Crippen LogP contribution in [0.4, 0.5) is 8.78 Å². The molecule has 0 aliphatic carbocycles. The Labute approximate surface area is 137 Å². The average Bonchev–Trinajstić information content (AvgIpc) is 2.91. The lowest BCUT2D eigenvalue weighted by atomic mass is 9.77. The van der Waals surface area contributed by atoms with Gasteiger partial charge in [0.25, 0.3) is 0 Å². The summed E-state index contributed by atoms with van der Waals surface area (Å²) < 4.78 is 31.5. The van der Waals surface area contributed by atoms with E-state index < -0.39 is 35.1 Å². The van der Waals surface area contributed by atoms with Crippen LogP contribution in [-0.2, 0) is 19.2 Å². The second-order valence-corrected chi connectivity index (χ2v) is 5.44. The molecule has 1 N–H and O–H groups in total.